The fraction of sp³-hybridized carbons (Fsp3) is 0.357. The Morgan fingerprint density at radius 2 is 2.16 bits per heavy atom. The van der Waals surface area contributed by atoms with Crippen molar-refractivity contribution in [2.75, 3.05) is 11.4 Å². The van der Waals surface area contributed by atoms with E-state index in [9.17, 15) is 4.79 Å². The molecule has 1 amide bonds. The molecule has 0 fully saturated rings. The third-order valence-corrected chi connectivity index (χ3v) is 3.39. The molecule has 1 aliphatic heterocycles. The summed E-state index contributed by atoms with van der Waals surface area (Å²) in [6, 6.07) is 8.07. The van der Waals surface area contributed by atoms with Crippen molar-refractivity contribution in [1.82, 2.24) is 15.2 Å². The first-order chi connectivity index (χ1) is 9.25. The Morgan fingerprint density at radius 1 is 1.32 bits per heavy atom. The first kappa shape index (κ1) is 11.9. The number of nitrogens with zero attached hydrogens (tertiary/aromatic N) is 3. The van der Waals surface area contributed by atoms with Crippen LogP contribution in [0.3, 0.4) is 0 Å². The number of aromatic nitrogens is 3. The van der Waals surface area contributed by atoms with Crippen LogP contribution in [-0.2, 0) is 6.42 Å². The quantitative estimate of drug-likeness (QED) is 0.849. The Balaban J connectivity index is 1.98. The molecule has 0 aliphatic carbocycles. The molecule has 0 spiro atoms. The highest BCUT2D eigenvalue weighted by molar-refractivity contribution is 6.04. The van der Waals surface area contributed by atoms with Crippen molar-refractivity contribution in [1.29, 1.82) is 0 Å². The van der Waals surface area contributed by atoms with Crippen LogP contribution in [0, 0.1) is 6.92 Å². The Bertz CT molecular complexity index is 605. The SMILES string of the molecule is Cc1nc(C(=O)N2CCCCc3ccccc32)n[nH]1. The van der Waals surface area contributed by atoms with Gasteiger partial charge >= 0.3 is 0 Å². The highest BCUT2D eigenvalue weighted by Gasteiger charge is 2.24. The van der Waals surface area contributed by atoms with Gasteiger partial charge in [0.25, 0.3) is 5.91 Å². The predicted molar refractivity (Wildman–Crippen MR) is 72.2 cm³/mol. The maximum Gasteiger partial charge on any atom is 0.297 e. The van der Waals surface area contributed by atoms with Crippen LogP contribution in [0.1, 0.15) is 34.8 Å². The van der Waals surface area contributed by atoms with Gasteiger partial charge in [0.05, 0.1) is 0 Å². The summed E-state index contributed by atoms with van der Waals surface area (Å²) < 4.78 is 0. The third kappa shape index (κ3) is 2.23. The van der Waals surface area contributed by atoms with E-state index in [1.807, 2.05) is 18.2 Å². The first-order valence-corrected chi connectivity index (χ1v) is 6.54. The van der Waals surface area contributed by atoms with E-state index in [2.05, 4.69) is 21.2 Å². The van der Waals surface area contributed by atoms with Crippen molar-refractivity contribution in [2.24, 2.45) is 0 Å². The van der Waals surface area contributed by atoms with E-state index in [1.54, 1.807) is 11.8 Å². The second kappa shape index (κ2) is 4.84. The van der Waals surface area contributed by atoms with Gasteiger partial charge in [0.15, 0.2) is 0 Å². The second-order valence-corrected chi connectivity index (χ2v) is 4.79. The Labute approximate surface area is 111 Å². The van der Waals surface area contributed by atoms with Gasteiger partial charge in [0, 0.05) is 12.2 Å². The number of carbonyl (C=O) groups is 1. The maximum absolute atomic E-state index is 12.5. The van der Waals surface area contributed by atoms with Crippen LogP contribution in [-0.4, -0.2) is 27.6 Å². The van der Waals surface area contributed by atoms with E-state index < -0.39 is 0 Å². The lowest BCUT2D eigenvalue weighted by molar-refractivity contribution is 0.0977. The number of aryl methyl sites for hydroxylation is 2. The van der Waals surface area contributed by atoms with Crippen molar-refractivity contribution in [3.05, 3.63) is 41.5 Å². The molecular weight excluding hydrogens is 240 g/mol. The number of fused-ring (bicyclic) bond motifs is 1. The van der Waals surface area contributed by atoms with Gasteiger partial charge in [-0.15, -0.1) is 5.10 Å². The Morgan fingerprint density at radius 3 is 2.95 bits per heavy atom. The van der Waals surface area contributed by atoms with Crippen molar-refractivity contribution in [3.8, 4) is 0 Å². The minimum absolute atomic E-state index is 0.126. The van der Waals surface area contributed by atoms with Gasteiger partial charge in [-0.2, -0.15) is 0 Å². The van der Waals surface area contributed by atoms with E-state index in [0.717, 1.165) is 31.5 Å². The first-order valence-electron chi connectivity index (χ1n) is 6.54. The topological polar surface area (TPSA) is 61.9 Å². The molecule has 0 saturated carbocycles. The van der Waals surface area contributed by atoms with Gasteiger partial charge in [0.2, 0.25) is 5.82 Å². The van der Waals surface area contributed by atoms with Crippen molar-refractivity contribution in [2.45, 2.75) is 26.2 Å². The summed E-state index contributed by atoms with van der Waals surface area (Å²) in [7, 11) is 0. The molecule has 1 aromatic heterocycles. The van der Waals surface area contributed by atoms with E-state index in [-0.39, 0.29) is 11.7 Å². The van der Waals surface area contributed by atoms with Gasteiger partial charge in [-0.05, 0) is 37.8 Å². The molecule has 0 unspecified atom stereocenters. The smallest absolute Gasteiger partial charge is 0.297 e. The molecule has 19 heavy (non-hydrogen) atoms. The number of aromatic amines is 1. The minimum Gasteiger partial charge on any atom is -0.305 e. The summed E-state index contributed by atoms with van der Waals surface area (Å²) in [5.74, 6) is 0.777. The van der Waals surface area contributed by atoms with Gasteiger partial charge < -0.3 is 4.90 Å². The normalized spacial score (nSPS) is 14.9. The van der Waals surface area contributed by atoms with Gasteiger partial charge in [0.1, 0.15) is 5.82 Å². The summed E-state index contributed by atoms with van der Waals surface area (Å²) in [4.78, 5) is 18.4. The molecule has 1 aliphatic rings. The molecule has 0 radical (unpaired) electrons. The summed E-state index contributed by atoms with van der Waals surface area (Å²) in [5.41, 5.74) is 2.22. The molecule has 98 valence electrons. The Kier molecular flexibility index (Phi) is 3.03. The fourth-order valence-electron chi connectivity index (χ4n) is 2.46. The zero-order valence-corrected chi connectivity index (χ0v) is 10.9. The maximum atomic E-state index is 12.5. The number of amides is 1. The van der Waals surface area contributed by atoms with Crippen LogP contribution in [0.15, 0.2) is 24.3 Å². The van der Waals surface area contributed by atoms with E-state index >= 15 is 0 Å². The van der Waals surface area contributed by atoms with Gasteiger partial charge in [-0.1, -0.05) is 18.2 Å². The minimum atomic E-state index is -0.126. The number of nitrogens with one attached hydrogen (secondary N) is 1. The predicted octanol–water partition coefficient (Wildman–Crippen LogP) is 2.10. The molecule has 3 rings (SSSR count). The lowest BCUT2D eigenvalue weighted by Gasteiger charge is -2.21. The molecule has 2 aromatic rings. The van der Waals surface area contributed by atoms with Crippen LogP contribution in [0.25, 0.3) is 0 Å². The average molecular weight is 256 g/mol. The second-order valence-electron chi connectivity index (χ2n) is 4.79. The highest BCUT2D eigenvalue weighted by Crippen LogP contribution is 2.26. The monoisotopic (exact) mass is 256 g/mol. The molecule has 0 bridgehead atoms. The molecular formula is C14H16N4O. The van der Waals surface area contributed by atoms with Crippen molar-refractivity contribution < 1.29 is 4.79 Å². The lowest BCUT2D eigenvalue weighted by atomic mass is 10.1. The van der Waals surface area contributed by atoms with Crippen LogP contribution in [0.5, 0.6) is 0 Å². The number of carbonyl (C=O) groups excluding carboxylic acids is 1. The average Bonchev–Trinajstić information content (AvgIpc) is 2.74. The number of para-hydroxylation sites is 1. The number of benzene rings is 1. The summed E-state index contributed by atoms with van der Waals surface area (Å²) in [6.45, 7) is 2.52. The van der Waals surface area contributed by atoms with Crippen molar-refractivity contribution >= 4 is 11.6 Å². The zero-order valence-electron chi connectivity index (χ0n) is 10.9. The molecule has 2 heterocycles. The van der Waals surface area contributed by atoms with Crippen LogP contribution >= 0.6 is 0 Å². The van der Waals surface area contributed by atoms with Crippen LogP contribution < -0.4 is 4.90 Å². The number of anilines is 1. The number of hydrogen-bond acceptors (Lipinski definition) is 3. The largest absolute Gasteiger partial charge is 0.305 e. The molecule has 1 aromatic carbocycles. The lowest BCUT2D eigenvalue weighted by Crippen LogP contribution is -2.32. The van der Waals surface area contributed by atoms with E-state index in [1.165, 1.54) is 5.56 Å². The van der Waals surface area contributed by atoms with Crippen LogP contribution in [0.2, 0.25) is 0 Å². The highest BCUT2D eigenvalue weighted by atomic mass is 16.2. The molecule has 5 nitrogen and oxygen atoms in total. The van der Waals surface area contributed by atoms with Gasteiger partial charge in [-0.3, -0.25) is 9.89 Å². The summed E-state index contributed by atoms with van der Waals surface area (Å²) >= 11 is 0. The third-order valence-electron chi connectivity index (χ3n) is 3.39. The molecule has 0 atom stereocenters. The fourth-order valence-corrected chi connectivity index (χ4v) is 2.46. The molecule has 5 heteroatoms. The van der Waals surface area contributed by atoms with Gasteiger partial charge in [-0.25, -0.2) is 4.98 Å². The number of H-pyrrole nitrogens is 1. The number of hydrogen-bond donors (Lipinski definition) is 1. The van der Waals surface area contributed by atoms with Crippen molar-refractivity contribution in [3.63, 3.8) is 0 Å². The van der Waals surface area contributed by atoms with Crippen LogP contribution in [0.4, 0.5) is 5.69 Å². The van der Waals surface area contributed by atoms with E-state index in [0.29, 0.717) is 5.82 Å². The zero-order chi connectivity index (χ0) is 13.2. The van der Waals surface area contributed by atoms with E-state index in [4.69, 9.17) is 0 Å². The molecule has 0 saturated heterocycles. The summed E-state index contributed by atoms with van der Waals surface area (Å²) in [5, 5.41) is 6.69. The Hall–Kier alpha value is -2.17. The molecule has 1 N–H and O–H groups in total. The summed E-state index contributed by atoms with van der Waals surface area (Å²) in [6.07, 6.45) is 3.13. The standard InChI is InChI=1S/C14H16N4O/c1-10-15-13(17-16-10)14(19)18-9-5-4-7-11-6-2-3-8-12(11)18/h2-3,6,8H,4-5,7,9H2,1H3,(H,15,16,17). The number of rotatable bonds is 1.